The van der Waals surface area contributed by atoms with E-state index in [1.165, 1.54) is 23.3 Å². The van der Waals surface area contributed by atoms with E-state index in [2.05, 4.69) is 5.32 Å². The molecule has 1 aromatic heterocycles. The summed E-state index contributed by atoms with van der Waals surface area (Å²) in [6, 6.07) is 1.36. The molecule has 1 atom stereocenters. The van der Waals surface area contributed by atoms with E-state index in [1.807, 2.05) is 6.07 Å². The summed E-state index contributed by atoms with van der Waals surface area (Å²) < 4.78 is 4.87. The highest BCUT2D eigenvalue weighted by Gasteiger charge is 2.21. The summed E-state index contributed by atoms with van der Waals surface area (Å²) in [6.07, 6.45) is 4.53. The molecule has 5 heteroatoms. The molecule has 0 aromatic carbocycles. The van der Waals surface area contributed by atoms with Crippen molar-refractivity contribution in [3.05, 3.63) is 21.4 Å². The molecule has 1 N–H and O–H groups in total. The van der Waals surface area contributed by atoms with Gasteiger partial charge in [-0.25, -0.2) is 4.79 Å². The van der Waals surface area contributed by atoms with Crippen molar-refractivity contribution >= 4 is 23.2 Å². The average Bonchev–Trinajstić information content (AvgIpc) is 2.82. The first-order valence-electron chi connectivity index (χ1n) is 6.71. The number of carbonyl (C=O) groups excluding carboxylic acids is 2. The molecule has 0 bridgehead atoms. The van der Waals surface area contributed by atoms with Gasteiger partial charge in [0, 0.05) is 4.88 Å². The largest absolute Gasteiger partial charge is 0.464 e. The van der Waals surface area contributed by atoms with Gasteiger partial charge in [0.1, 0.15) is 6.04 Å². The molecule has 0 radical (unpaired) electrons. The maximum Gasteiger partial charge on any atom is 0.328 e. The quantitative estimate of drug-likeness (QED) is 0.862. The fraction of sp³-hybridized carbons (Fsp3) is 0.571. The maximum atomic E-state index is 12.1. The molecule has 1 aliphatic carbocycles. The zero-order valence-corrected chi connectivity index (χ0v) is 12.1. The summed E-state index contributed by atoms with van der Waals surface area (Å²) in [5.74, 6) is -0.572. The van der Waals surface area contributed by atoms with Crippen LogP contribution in [0.1, 0.15) is 46.8 Å². The number of nitrogens with one attached hydrogen (secondary N) is 1. The number of rotatable bonds is 4. The van der Waals surface area contributed by atoms with Gasteiger partial charge in [-0.15, -0.1) is 11.3 Å². The normalized spacial score (nSPS) is 15.5. The summed E-state index contributed by atoms with van der Waals surface area (Å²) in [7, 11) is 0. The van der Waals surface area contributed by atoms with Crippen LogP contribution >= 0.6 is 11.3 Å². The average molecular weight is 281 g/mol. The Bertz CT molecular complexity index is 458. The summed E-state index contributed by atoms with van der Waals surface area (Å²) in [5.41, 5.74) is 1.30. The molecule has 0 saturated carbocycles. The number of ether oxygens (including phenoxy) is 1. The van der Waals surface area contributed by atoms with E-state index in [1.54, 1.807) is 25.2 Å². The number of esters is 1. The first-order valence-corrected chi connectivity index (χ1v) is 7.52. The lowest BCUT2D eigenvalue weighted by Gasteiger charge is -2.11. The van der Waals surface area contributed by atoms with Gasteiger partial charge in [-0.3, -0.25) is 4.79 Å². The minimum atomic E-state index is -0.605. The third-order valence-corrected chi connectivity index (χ3v) is 4.44. The Morgan fingerprint density at radius 3 is 2.84 bits per heavy atom. The van der Waals surface area contributed by atoms with Crippen LogP contribution in [0, 0.1) is 0 Å². The van der Waals surface area contributed by atoms with Crippen LogP contribution in [-0.4, -0.2) is 24.5 Å². The molecule has 1 amide bonds. The summed E-state index contributed by atoms with van der Waals surface area (Å²) in [6.45, 7) is 3.72. The number of carbonyl (C=O) groups is 2. The Labute approximate surface area is 117 Å². The van der Waals surface area contributed by atoms with Crippen LogP contribution < -0.4 is 5.32 Å². The van der Waals surface area contributed by atoms with Crippen LogP contribution in [0.25, 0.3) is 0 Å². The number of hydrogen-bond acceptors (Lipinski definition) is 4. The van der Waals surface area contributed by atoms with E-state index < -0.39 is 12.0 Å². The maximum absolute atomic E-state index is 12.1. The van der Waals surface area contributed by atoms with Gasteiger partial charge >= 0.3 is 5.97 Å². The van der Waals surface area contributed by atoms with Crippen molar-refractivity contribution in [2.24, 2.45) is 0 Å². The Kier molecular flexibility index (Phi) is 4.58. The van der Waals surface area contributed by atoms with Crippen LogP contribution in [-0.2, 0) is 22.4 Å². The summed E-state index contributed by atoms with van der Waals surface area (Å²) >= 11 is 1.55. The second kappa shape index (κ2) is 6.19. The number of hydrogen-bond donors (Lipinski definition) is 1. The van der Waals surface area contributed by atoms with E-state index in [9.17, 15) is 9.59 Å². The van der Waals surface area contributed by atoms with Gasteiger partial charge in [0.2, 0.25) is 0 Å². The minimum absolute atomic E-state index is 0.181. The highest BCUT2D eigenvalue weighted by Crippen LogP contribution is 2.29. The molecule has 2 rings (SSSR count). The smallest absolute Gasteiger partial charge is 0.328 e. The fourth-order valence-electron chi connectivity index (χ4n) is 2.20. The SMILES string of the molecule is CCOC(=O)C(C)NC(=O)c1cc2c(s1)CCCC2. The second-order valence-corrected chi connectivity index (χ2v) is 5.85. The van der Waals surface area contributed by atoms with Gasteiger partial charge in [0.15, 0.2) is 0 Å². The van der Waals surface area contributed by atoms with Crippen LogP contribution in [0.5, 0.6) is 0 Å². The molecule has 19 heavy (non-hydrogen) atoms. The highest BCUT2D eigenvalue weighted by molar-refractivity contribution is 7.14. The molecular weight excluding hydrogens is 262 g/mol. The zero-order chi connectivity index (χ0) is 13.8. The van der Waals surface area contributed by atoms with Crippen molar-refractivity contribution in [2.45, 2.75) is 45.6 Å². The fourth-order valence-corrected chi connectivity index (χ4v) is 3.35. The Hall–Kier alpha value is -1.36. The lowest BCUT2D eigenvalue weighted by Crippen LogP contribution is -2.39. The van der Waals surface area contributed by atoms with E-state index in [4.69, 9.17) is 4.74 Å². The lowest BCUT2D eigenvalue weighted by molar-refractivity contribution is -0.144. The third kappa shape index (κ3) is 3.35. The predicted octanol–water partition coefficient (Wildman–Crippen LogP) is 2.31. The van der Waals surface area contributed by atoms with Crippen molar-refractivity contribution < 1.29 is 14.3 Å². The molecule has 1 aliphatic rings. The molecule has 0 aliphatic heterocycles. The molecule has 4 nitrogen and oxygen atoms in total. The van der Waals surface area contributed by atoms with Gasteiger partial charge in [0.05, 0.1) is 11.5 Å². The number of amides is 1. The van der Waals surface area contributed by atoms with Crippen LogP contribution in [0.3, 0.4) is 0 Å². The van der Waals surface area contributed by atoms with Gasteiger partial charge in [-0.2, -0.15) is 0 Å². The van der Waals surface area contributed by atoms with Gasteiger partial charge in [-0.1, -0.05) is 0 Å². The lowest BCUT2D eigenvalue weighted by atomic mass is 9.99. The van der Waals surface area contributed by atoms with Crippen LogP contribution in [0.15, 0.2) is 6.07 Å². The molecule has 0 spiro atoms. The number of fused-ring (bicyclic) bond motifs is 1. The molecule has 1 aromatic rings. The van der Waals surface area contributed by atoms with Crippen molar-refractivity contribution in [3.8, 4) is 0 Å². The minimum Gasteiger partial charge on any atom is -0.464 e. The number of aryl methyl sites for hydroxylation is 2. The molecule has 0 fully saturated rings. The Morgan fingerprint density at radius 1 is 1.42 bits per heavy atom. The summed E-state index contributed by atoms with van der Waals surface area (Å²) in [5, 5.41) is 2.69. The van der Waals surface area contributed by atoms with E-state index in [0.717, 1.165) is 12.8 Å². The van der Waals surface area contributed by atoms with Gasteiger partial charge in [-0.05, 0) is 51.2 Å². The van der Waals surface area contributed by atoms with Gasteiger partial charge in [0.25, 0.3) is 5.91 Å². The molecule has 104 valence electrons. The molecular formula is C14H19NO3S. The van der Waals surface area contributed by atoms with Crippen LogP contribution in [0.2, 0.25) is 0 Å². The van der Waals surface area contributed by atoms with E-state index in [-0.39, 0.29) is 5.91 Å². The Morgan fingerprint density at radius 2 is 2.16 bits per heavy atom. The zero-order valence-electron chi connectivity index (χ0n) is 11.3. The summed E-state index contributed by atoms with van der Waals surface area (Å²) in [4.78, 5) is 25.6. The highest BCUT2D eigenvalue weighted by atomic mass is 32.1. The second-order valence-electron chi connectivity index (χ2n) is 4.71. The van der Waals surface area contributed by atoms with Crippen molar-refractivity contribution in [3.63, 3.8) is 0 Å². The topological polar surface area (TPSA) is 55.4 Å². The standard InChI is InChI=1S/C14H19NO3S/c1-3-18-14(17)9(2)15-13(16)12-8-10-6-4-5-7-11(10)19-12/h8-9H,3-7H2,1-2H3,(H,15,16). The van der Waals surface area contributed by atoms with Crippen molar-refractivity contribution in [1.29, 1.82) is 0 Å². The first-order chi connectivity index (χ1) is 9.11. The molecule has 1 heterocycles. The Balaban J connectivity index is 2.00. The van der Waals surface area contributed by atoms with E-state index >= 15 is 0 Å². The van der Waals surface area contributed by atoms with Crippen molar-refractivity contribution in [1.82, 2.24) is 5.32 Å². The predicted molar refractivity (Wildman–Crippen MR) is 74.5 cm³/mol. The third-order valence-electron chi connectivity index (χ3n) is 3.21. The molecule has 0 saturated heterocycles. The van der Waals surface area contributed by atoms with Crippen LogP contribution in [0.4, 0.5) is 0 Å². The van der Waals surface area contributed by atoms with E-state index in [0.29, 0.717) is 11.5 Å². The van der Waals surface area contributed by atoms with Crippen molar-refractivity contribution in [2.75, 3.05) is 6.61 Å². The monoisotopic (exact) mass is 281 g/mol. The molecule has 1 unspecified atom stereocenters. The first kappa shape index (κ1) is 14.1. The van der Waals surface area contributed by atoms with Gasteiger partial charge < -0.3 is 10.1 Å². The number of thiophene rings is 1.